The van der Waals surface area contributed by atoms with Crippen molar-refractivity contribution in [3.8, 4) is 11.1 Å². The van der Waals surface area contributed by atoms with E-state index in [4.69, 9.17) is 4.74 Å². The summed E-state index contributed by atoms with van der Waals surface area (Å²) in [6.07, 6.45) is 6.02. The fourth-order valence-corrected chi connectivity index (χ4v) is 3.35. The van der Waals surface area contributed by atoms with Crippen molar-refractivity contribution in [2.75, 3.05) is 37.7 Å². The van der Waals surface area contributed by atoms with Crippen LogP contribution in [0.3, 0.4) is 0 Å². The van der Waals surface area contributed by atoms with Crippen LogP contribution < -0.4 is 10.2 Å². The Balaban J connectivity index is 1.55. The van der Waals surface area contributed by atoms with E-state index in [1.165, 1.54) is 12.1 Å². The zero-order valence-corrected chi connectivity index (χ0v) is 16.2. The highest BCUT2D eigenvalue weighted by Gasteiger charge is 2.26. The van der Waals surface area contributed by atoms with Gasteiger partial charge < -0.3 is 15.0 Å². The molecule has 1 aliphatic heterocycles. The van der Waals surface area contributed by atoms with E-state index in [0.29, 0.717) is 32.3 Å². The lowest BCUT2D eigenvalue weighted by atomic mass is 9.97. The molecule has 0 saturated carbocycles. The maximum atomic E-state index is 13.4. The van der Waals surface area contributed by atoms with Crippen LogP contribution in [-0.2, 0) is 9.53 Å². The molecule has 7 heteroatoms. The van der Waals surface area contributed by atoms with Crippen molar-refractivity contribution in [1.82, 2.24) is 15.3 Å². The van der Waals surface area contributed by atoms with Gasteiger partial charge in [0.1, 0.15) is 5.82 Å². The monoisotopic (exact) mass is 386 g/mol. The van der Waals surface area contributed by atoms with Gasteiger partial charge in [0.25, 0.3) is 0 Å². The molecule has 1 fully saturated rings. The van der Waals surface area contributed by atoms with Gasteiger partial charge in [-0.25, -0.2) is 14.4 Å². The molecular formula is C21H27FN4O2. The standard InChI is InChI=1S/C21H27FN4O2/c1-2-28-11-5-9-23-20(27)17-7-4-10-26(15-17)21-24-13-18(14-25-21)16-6-3-8-19(22)12-16/h3,6,8,12-14,17H,2,4-5,7,9-11,15H2,1H3,(H,23,27). The Hall–Kier alpha value is -2.54. The first-order valence-corrected chi connectivity index (χ1v) is 9.85. The normalized spacial score (nSPS) is 16.8. The highest BCUT2D eigenvalue weighted by Crippen LogP contribution is 2.23. The van der Waals surface area contributed by atoms with Crippen molar-refractivity contribution in [2.45, 2.75) is 26.2 Å². The van der Waals surface area contributed by atoms with E-state index in [1.807, 2.05) is 17.9 Å². The fourth-order valence-electron chi connectivity index (χ4n) is 3.35. The molecule has 2 aromatic rings. The molecule has 1 atom stereocenters. The van der Waals surface area contributed by atoms with Crippen molar-refractivity contribution in [3.05, 3.63) is 42.5 Å². The molecule has 0 radical (unpaired) electrons. The molecule has 1 amide bonds. The predicted octanol–water partition coefficient (Wildman–Crippen LogP) is 3.04. The summed E-state index contributed by atoms with van der Waals surface area (Å²) < 4.78 is 18.7. The third-order valence-corrected chi connectivity index (χ3v) is 4.84. The Bertz CT molecular complexity index is 769. The third kappa shape index (κ3) is 5.48. The minimum Gasteiger partial charge on any atom is -0.382 e. The fraction of sp³-hybridized carbons (Fsp3) is 0.476. The van der Waals surface area contributed by atoms with Crippen LogP contribution in [0.5, 0.6) is 0 Å². The number of benzene rings is 1. The van der Waals surface area contributed by atoms with Crippen LogP contribution in [0.25, 0.3) is 11.1 Å². The maximum absolute atomic E-state index is 13.4. The number of carbonyl (C=O) groups is 1. The van der Waals surface area contributed by atoms with Gasteiger partial charge in [0.2, 0.25) is 11.9 Å². The number of carbonyl (C=O) groups excluding carboxylic acids is 1. The van der Waals surface area contributed by atoms with Gasteiger partial charge in [-0.3, -0.25) is 4.79 Å². The van der Waals surface area contributed by atoms with E-state index in [1.54, 1.807) is 18.5 Å². The van der Waals surface area contributed by atoms with Crippen LogP contribution in [0.15, 0.2) is 36.7 Å². The van der Waals surface area contributed by atoms with Crippen molar-refractivity contribution >= 4 is 11.9 Å². The van der Waals surface area contributed by atoms with Gasteiger partial charge in [-0.05, 0) is 43.9 Å². The van der Waals surface area contributed by atoms with Gasteiger partial charge in [-0.1, -0.05) is 12.1 Å². The summed E-state index contributed by atoms with van der Waals surface area (Å²) in [5, 5.41) is 3.00. The van der Waals surface area contributed by atoms with Crippen molar-refractivity contribution in [2.24, 2.45) is 5.92 Å². The highest BCUT2D eigenvalue weighted by molar-refractivity contribution is 5.79. The summed E-state index contributed by atoms with van der Waals surface area (Å²) in [4.78, 5) is 23.4. The lowest BCUT2D eigenvalue weighted by molar-refractivity contribution is -0.125. The summed E-state index contributed by atoms with van der Waals surface area (Å²) in [7, 11) is 0. The molecule has 1 aromatic heterocycles. The molecular weight excluding hydrogens is 359 g/mol. The Morgan fingerprint density at radius 3 is 2.89 bits per heavy atom. The van der Waals surface area contributed by atoms with Gasteiger partial charge in [-0.2, -0.15) is 0 Å². The Kier molecular flexibility index (Phi) is 7.31. The van der Waals surface area contributed by atoms with E-state index in [9.17, 15) is 9.18 Å². The lowest BCUT2D eigenvalue weighted by Gasteiger charge is -2.32. The van der Waals surface area contributed by atoms with E-state index < -0.39 is 0 Å². The Morgan fingerprint density at radius 1 is 1.32 bits per heavy atom. The second kappa shape index (κ2) is 10.1. The Morgan fingerprint density at radius 2 is 2.14 bits per heavy atom. The van der Waals surface area contributed by atoms with Crippen LogP contribution in [0.2, 0.25) is 0 Å². The number of nitrogens with zero attached hydrogens (tertiary/aromatic N) is 3. The number of amides is 1. The number of hydrogen-bond acceptors (Lipinski definition) is 5. The Labute approximate surface area is 165 Å². The molecule has 150 valence electrons. The van der Waals surface area contributed by atoms with Crippen molar-refractivity contribution in [3.63, 3.8) is 0 Å². The third-order valence-electron chi connectivity index (χ3n) is 4.84. The number of ether oxygens (including phenoxy) is 1. The molecule has 1 aromatic carbocycles. The molecule has 0 spiro atoms. The topological polar surface area (TPSA) is 67.3 Å². The van der Waals surface area contributed by atoms with E-state index in [0.717, 1.165) is 36.9 Å². The molecule has 1 N–H and O–H groups in total. The van der Waals surface area contributed by atoms with Gasteiger partial charge in [0, 0.05) is 50.8 Å². The number of nitrogens with one attached hydrogen (secondary N) is 1. The first-order chi connectivity index (χ1) is 13.7. The maximum Gasteiger partial charge on any atom is 0.225 e. The molecule has 28 heavy (non-hydrogen) atoms. The minimum atomic E-state index is -0.285. The molecule has 1 unspecified atom stereocenters. The lowest BCUT2D eigenvalue weighted by Crippen LogP contribution is -2.44. The number of aromatic nitrogens is 2. The predicted molar refractivity (Wildman–Crippen MR) is 106 cm³/mol. The zero-order valence-electron chi connectivity index (χ0n) is 16.2. The zero-order chi connectivity index (χ0) is 19.8. The average molecular weight is 386 g/mol. The smallest absolute Gasteiger partial charge is 0.225 e. The first kappa shape index (κ1) is 20.2. The SMILES string of the molecule is CCOCCCNC(=O)C1CCCN(c2ncc(-c3cccc(F)c3)cn2)C1. The second-order valence-corrected chi connectivity index (χ2v) is 6.91. The quantitative estimate of drug-likeness (QED) is 0.707. The van der Waals surface area contributed by atoms with Gasteiger partial charge >= 0.3 is 0 Å². The van der Waals surface area contributed by atoms with Gasteiger partial charge in [0.05, 0.1) is 5.92 Å². The summed E-state index contributed by atoms with van der Waals surface area (Å²) in [5.41, 5.74) is 1.51. The molecule has 2 heterocycles. The van der Waals surface area contributed by atoms with E-state index in [2.05, 4.69) is 15.3 Å². The first-order valence-electron chi connectivity index (χ1n) is 9.85. The number of hydrogen-bond donors (Lipinski definition) is 1. The minimum absolute atomic E-state index is 0.0626. The average Bonchev–Trinajstić information content (AvgIpc) is 2.74. The number of halogens is 1. The van der Waals surface area contributed by atoms with Crippen LogP contribution in [0, 0.1) is 11.7 Å². The van der Waals surface area contributed by atoms with E-state index >= 15 is 0 Å². The molecule has 0 bridgehead atoms. The second-order valence-electron chi connectivity index (χ2n) is 6.91. The molecule has 0 aliphatic carbocycles. The number of piperidine rings is 1. The van der Waals surface area contributed by atoms with Gasteiger partial charge in [-0.15, -0.1) is 0 Å². The number of anilines is 1. The number of rotatable bonds is 8. The van der Waals surface area contributed by atoms with Crippen molar-refractivity contribution < 1.29 is 13.9 Å². The van der Waals surface area contributed by atoms with E-state index in [-0.39, 0.29) is 17.6 Å². The van der Waals surface area contributed by atoms with Crippen LogP contribution in [-0.4, -0.2) is 48.7 Å². The molecule has 1 saturated heterocycles. The molecule has 3 rings (SSSR count). The highest BCUT2D eigenvalue weighted by atomic mass is 19.1. The van der Waals surface area contributed by atoms with Gasteiger partial charge in [0.15, 0.2) is 0 Å². The van der Waals surface area contributed by atoms with Crippen LogP contribution in [0.1, 0.15) is 26.2 Å². The summed E-state index contributed by atoms with van der Waals surface area (Å²) in [6.45, 7) is 5.39. The summed E-state index contributed by atoms with van der Waals surface area (Å²) in [5.74, 6) is 0.339. The largest absolute Gasteiger partial charge is 0.382 e. The summed E-state index contributed by atoms with van der Waals surface area (Å²) in [6, 6.07) is 6.37. The summed E-state index contributed by atoms with van der Waals surface area (Å²) >= 11 is 0. The van der Waals surface area contributed by atoms with Crippen molar-refractivity contribution in [1.29, 1.82) is 0 Å². The molecule has 6 nitrogen and oxygen atoms in total. The van der Waals surface area contributed by atoms with Crippen LogP contribution >= 0.6 is 0 Å². The molecule has 1 aliphatic rings. The van der Waals surface area contributed by atoms with Crippen LogP contribution in [0.4, 0.5) is 10.3 Å².